The van der Waals surface area contributed by atoms with Gasteiger partial charge in [0.25, 0.3) is 0 Å². The van der Waals surface area contributed by atoms with E-state index in [0.29, 0.717) is 5.91 Å². The molecule has 2 unspecified atom stereocenters. The van der Waals surface area contributed by atoms with Crippen LogP contribution in [0.15, 0.2) is 0 Å². The summed E-state index contributed by atoms with van der Waals surface area (Å²) in [6, 6.07) is 0.0850. The second-order valence-electron chi connectivity index (χ2n) is 4.67. The van der Waals surface area contributed by atoms with Crippen LogP contribution in [-0.4, -0.2) is 29.6 Å². The summed E-state index contributed by atoms with van der Waals surface area (Å²) in [6.07, 6.45) is 6.86. The molecule has 1 rings (SSSR count). The van der Waals surface area contributed by atoms with E-state index in [4.69, 9.17) is 0 Å². The van der Waals surface area contributed by atoms with Gasteiger partial charge in [0.15, 0.2) is 0 Å². The maximum absolute atomic E-state index is 12.1. The molecule has 94 valence electrons. The quantitative estimate of drug-likeness (QED) is 0.723. The van der Waals surface area contributed by atoms with Gasteiger partial charge in [0.1, 0.15) is 0 Å². The third kappa shape index (κ3) is 3.21. The van der Waals surface area contributed by atoms with Gasteiger partial charge in [0.2, 0.25) is 5.91 Å². The second-order valence-corrected chi connectivity index (χ2v) is 4.67. The molecule has 0 aliphatic carbocycles. The van der Waals surface area contributed by atoms with Crippen molar-refractivity contribution in [3.05, 3.63) is 0 Å². The number of unbranched alkanes of at least 4 members (excludes halogenated alkanes) is 2. The predicted octanol–water partition coefficient (Wildman–Crippen LogP) is 2.51. The third-order valence-corrected chi connectivity index (χ3v) is 3.34. The van der Waals surface area contributed by atoms with E-state index in [1.807, 2.05) is 4.90 Å². The Bertz CT molecular complexity index is 218. The van der Waals surface area contributed by atoms with Gasteiger partial charge in [0.05, 0.1) is 12.2 Å². The lowest BCUT2D eigenvalue weighted by atomic mass is 10.1. The lowest BCUT2D eigenvalue weighted by Crippen LogP contribution is -2.37. The first-order chi connectivity index (χ1) is 7.74. The molecule has 1 aliphatic rings. The number of hydrogen-bond donors (Lipinski definition) is 1. The Labute approximate surface area is 99.6 Å². The molecule has 16 heavy (non-hydrogen) atoms. The van der Waals surface area contributed by atoms with Crippen molar-refractivity contribution in [3.63, 3.8) is 0 Å². The van der Waals surface area contributed by atoms with Crippen molar-refractivity contribution in [3.8, 4) is 0 Å². The third-order valence-electron chi connectivity index (χ3n) is 3.34. The molecular weight excluding hydrogens is 200 g/mol. The smallest absolute Gasteiger partial charge is 0.241 e. The minimum atomic E-state index is 0.0850. The van der Waals surface area contributed by atoms with Crippen molar-refractivity contribution >= 4 is 5.91 Å². The van der Waals surface area contributed by atoms with Gasteiger partial charge < -0.3 is 4.90 Å². The molecule has 1 heterocycles. The van der Waals surface area contributed by atoms with Crippen LogP contribution in [-0.2, 0) is 4.79 Å². The Hall–Kier alpha value is -0.570. The first-order valence-corrected chi connectivity index (χ1v) is 6.81. The number of rotatable bonds is 7. The van der Waals surface area contributed by atoms with Crippen LogP contribution >= 0.6 is 0 Å². The van der Waals surface area contributed by atoms with E-state index < -0.39 is 0 Å². The molecule has 3 nitrogen and oxygen atoms in total. The molecule has 1 saturated heterocycles. The van der Waals surface area contributed by atoms with Crippen LogP contribution in [0.5, 0.6) is 0 Å². The summed E-state index contributed by atoms with van der Waals surface area (Å²) < 4.78 is 0. The summed E-state index contributed by atoms with van der Waals surface area (Å²) in [7, 11) is 0. The number of nitrogens with one attached hydrogen (secondary N) is 1. The van der Waals surface area contributed by atoms with Crippen molar-refractivity contribution in [1.82, 2.24) is 10.2 Å². The fourth-order valence-corrected chi connectivity index (χ4v) is 2.30. The number of amides is 1. The number of carbonyl (C=O) groups excluding carboxylic acids is 1. The molecule has 0 aromatic heterocycles. The van der Waals surface area contributed by atoms with Gasteiger partial charge in [-0.1, -0.05) is 40.0 Å². The van der Waals surface area contributed by atoms with Gasteiger partial charge in [-0.05, 0) is 19.3 Å². The summed E-state index contributed by atoms with van der Waals surface area (Å²) in [5.74, 6) is 0.328. The molecule has 0 saturated carbocycles. The highest BCUT2D eigenvalue weighted by Crippen LogP contribution is 2.18. The SMILES string of the molecule is CCCCC1NC(CC)N(CCCC)C1=O. The molecule has 1 N–H and O–H groups in total. The Morgan fingerprint density at radius 2 is 1.88 bits per heavy atom. The first-order valence-electron chi connectivity index (χ1n) is 6.81. The van der Waals surface area contributed by atoms with Gasteiger partial charge >= 0.3 is 0 Å². The van der Waals surface area contributed by atoms with Gasteiger partial charge in [-0.3, -0.25) is 10.1 Å². The normalized spacial score (nSPS) is 25.4. The summed E-state index contributed by atoms with van der Waals surface area (Å²) in [6.45, 7) is 7.41. The first kappa shape index (κ1) is 13.5. The zero-order chi connectivity index (χ0) is 12.0. The molecule has 0 aromatic carbocycles. The van der Waals surface area contributed by atoms with Gasteiger partial charge in [-0.15, -0.1) is 0 Å². The van der Waals surface area contributed by atoms with Crippen LogP contribution in [0.2, 0.25) is 0 Å². The lowest BCUT2D eigenvalue weighted by Gasteiger charge is -2.22. The van der Waals surface area contributed by atoms with Gasteiger partial charge in [0, 0.05) is 6.54 Å². The predicted molar refractivity (Wildman–Crippen MR) is 67.1 cm³/mol. The Kier molecular flexibility index (Phi) is 5.81. The molecule has 2 atom stereocenters. The van der Waals surface area contributed by atoms with Crippen LogP contribution in [0.1, 0.15) is 59.3 Å². The lowest BCUT2D eigenvalue weighted by molar-refractivity contribution is -0.130. The van der Waals surface area contributed by atoms with E-state index in [-0.39, 0.29) is 12.2 Å². The molecule has 0 spiro atoms. The molecule has 3 heteroatoms. The van der Waals surface area contributed by atoms with E-state index in [0.717, 1.165) is 45.1 Å². The van der Waals surface area contributed by atoms with Crippen molar-refractivity contribution in [2.24, 2.45) is 0 Å². The van der Waals surface area contributed by atoms with E-state index in [1.54, 1.807) is 0 Å². The molecular formula is C13H26N2O. The summed E-state index contributed by atoms with van der Waals surface area (Å²) in [4.78, 5) is 14.2. The summed E-state index contributed by atoms with van der Waals surface area (Å²) >= 11 is 0. The standard InChI is InChI=1S/C13H26N2O/c1-4-7-9-11-13(16)15(10-8-5-2)12(6-3)14-11/h11-12,14H,4-10H2,1-3H3. The molecule has 1 aliphatic heterocycles. The maximum atomic E-state index is 12.1. The maximum Gasteiger partial charge on any atom is 0.241 e. The average Bonchev–Trinajstić information content (AvgIpc) is 2.60. The fourth-order valence-electron chi connectivity index (χ4n) is 2.30. The van der Waals surface area contributed by atoms with Crippen molar-refractivity contribution in [2.45, 2.75) is 71.5 Å². The largest absolute Gasteiger partial charge is 0.326 e. The summed E-state index contributed by atoms with van der Waals surface area (Å²) in [5.41, 5.74) is 0. The van der Waals surface area contributed by atoms with Crippen molar-refractivity contribution < 1.29 is 4.79 Å². The average molecular weight is 226 g/mol. The topological polar surface area (TPSA) is 32.3 Å². The minimum Gasteiger partial charge on any atom is -0.326 e. The van der Waals surface area contributed by atoms with E-state index in [1.165, 1.54) is 0 Å². The van der Waals surface area contributed by atoms with Crippen molar-refractivity contribution in [2.75, 3.05) is 6.54 Å². The Morgan fingerprint density at radius 1 is 1.19 bits per heavy atom. The van der Waals surface area contributed by atoms with Crippen LogP contribution in [0.3, 0.4) is 0 Å². The Balaban J connectivity index is 2.51. The van der Waals surface area contributed by atoms with E-state index in [2.05, 4.69) is 26.1 Å². The number of hydrogen-bond acceptors (Lipinski definition) is 2. The van der Waals surface area contributed by atoms with Crippen LogP contribution in [0.25, 0.3) is 0 Å². The molecule has 0 bridgehead atoms. The van der Waals surface area contributed by atoms with Crippen LogP contribution < -0.4 is 5.32 Å². The minimum absolute atomic E-state index is 0.0850. The van der Waals surface area contributed by atoms with E-state index >= 15 is 0 Å². The highest BCUT2D eigenvalue weighted by molar-refractivity contribution is 5.84. The highest BCUT2D eigenvalue weighted by atomic mass is 16.2. The number of carbonyl (C=O) groups is 1. The fraction of sp³-hybridized carbons (Fsp3) is 0.923. The number of nitrogens with zero attached hydrogens (tertiary/aromatic N) is 1. The van der Waals surface area contributed by atoms with Crippen LogP contribution in [0.4, 0.5) is 0 Å². The van der Waals surface area contributed by atoms with E-state index in [9.17, 15) is 4.79 Å². The zero-order valence-corrected chi connectivity index (χ0v) is 11.0. The van der Waals surface area contributed by atoms with Gasteiger partial charge in [-0.2, -0.15) is 0 Å². The van der Waals surface area contributed by atoms with Crippen LogP contribution in [0, 0.1) is 0 Å². The monoisotopic (exact) mass is 226 g/mol. The summed E-state index contributed by atoms with van der Waals surface area (Å²) in [5, 5.41) is 3.46. The molecule has 0 radical (unpaired) electrons. The molecule has 1 fully saturated rings. The highest BCUT2D eigenvalue weighted by Gasteiger charge is 2.36. The van der Waals surface area contributed by atoms with Crippen molar-refractivity contribution in [1.29, 1.82) is 0 Å². The zero-order valence-electron chi connectivity index (χ0n) is 11.0. The second kappa shape index (κ2) is 6.89. The van der Waals surface area contributed by atoms with Gasteiger partial charge in [-0.25, -0.2) is 0 Å². The Morgan fingerprint density at radius 3 is 2.44 bits per heavy atom. The molecule has 0 aromatic rings. The molecule has 1 amide bonds.